The van der Waals surface area contributed by atoms with Crippen LogP contribution in [-0.2, 0) is 32.7 Å². The highest BCUT2D eigenvalue weighted by Crippen LogP contribution is 2.43. The minimum Gasteiger partial charge on any atom is -0.462 e. The molecule has 3 atom stereocenters. The van der Waals surface area contributed by atoms with Crippen LogP contribution < -0.4 is 5.73 Å². The molecular weight excluding hydrogens is 753 g/mol. The van der Waals surface area contributed by atoms with Gasteiger partial charge in [0.2, 0.25) is 0 Å². The molecule has 0 amide bonds. The zero-order chi connectivity index (χ0) is 42.6. The van der Waals surface area contributed by atoms with E-state index in [1.807, 2.05) is 54.7 Å². The van der Waals surface area contributed by atoms with Crippen LogP contribution in [0.3, 0.4) is 0 Å². The number of aliphatic hydroxyl groups excluding tert-OH is 1. The molecule has 0 aromatic carbocycles. The van der Waals surface area contributed by atoms with Gasteiger partial charge < -0.3 is 25.2 Å². The Morgan fingerprint density at radius 1 is 0.621 bits per heavy atom. The number of esters is 2. The number of ether oxygens (including phenoxy) is 2. The number of aliphatic hydroxyl groups is 1. The molecule has 0 heterocycles. The molecule has 0 aromatic heterocycles. The molecule has 0 rings (SSSR count). The molecule has 0 saturated heterocycles. The lowest BCUT2D eigenvalue weighted by Gasteiger charge is -2.19. The molecule has 11 heteroatoms. The van der Waals surface area contributed by atoms with Crippen molar-refractivity contribution in [2.45, 2.75) is 148 Å². The molecule has 0 aliphatic heterocycles. The summed E-state index contributed by atoms with van der Waals surface area (Å²) in [6.07, 6.45) is 51.9. The number of phosphoric acid groups is 1. The first-order valence-electron chi connectivity index (χ1n) is 21.5. The van der Waals surface area contributed by atoms with Crippen LogP contribution in [0.1, 0.15) is 136 Å². The van der Waals surface area contributed by atoms with Gasteiger partial charge >= 0.3 is 19.8 Å². The zero-order valence-corrected chi connectivity index (χ0v) is 36.5. The van der Waals surface area contributed by atoms with Gasteiger partial charge in [0.15, 0.2) is 6.10 Å². The zero-order valence-electron chi connectivity index (χ0n) is 35.6. The summed E-state index contributed by atoms with van der Waals surface area (Å²) in [6, 6.07) is 0. The van der Waals surface area contributed by atoms with Gasteiger partial charge in [-0.2, -0.15) is 0 Å². The topological polar surface area (TPSA) is 155 Å². The predicted molar refractivity (Wildman–Crippen MR) is 239 cm³/mol. The lowest BCUT2D eigenvalue weighted by molar-refractivity contribution is -0.161. The number of rotatable bonds is 38. The summed E-state index contributed by atoms with van der Waals surface area (Å²) in [5.41, 5.74) is 5.33. The highest BCUT2D eigenvalue weighted by atomic mass is 31.2. The molecule has 328 valence electrons. The molecule has 0 aromatic rings. The molecule has 58 heavy (non-hydrogen) atoms. The monoisotopic (exact) mass is 830 g/mol. The number of allylic oxidation sites excluding steroid dienone is 16. The van der Waals surface area contributed by atoms with Gasteiger partial charge in [-0.15, -0.1) is 0 Å². The standard InChI is InChI=1S/C47H76NO9P/c1-3-5-7-8-9-10-11-12-13-14-15-18-22-25-28-31-35-39-47(51)57-45(43-56-58(52,53)55-41-40-48)42-54-46(50)38-34-30-27-24-21-19-16-17-20-23-26-29-33-37-44(49)36-32-6-4-2/h6,12-13,15,17-21,25-30,32-33,37,44-45,49H,3-5,7-11,14,16,22-24,31,34-36,38-43,48H2,1-2H3,(H,52,53)/b13-12-,18-15-,20-17-,21-19-,28-25-,29-26+,30-27-,32-6-,37-33+/t44?,45-/m1/s1. The van der Waals surface area contributed by atoms with Crippen molar-refractivity contribution < 1.29 is 42.7 Å². The van der Waals surface area contributed by atoms with Gasteiger partial charge in [-0.25, -0.2) is 4.57 Å². The summed E-state index contributed by atoms with van der Waals surface area (Å²) < 4.78 is 32.6. The Hall–Kier alpha value is -3.37. The van der Waals surface area contributed by atoms with E-state index in [9.17, 15) is 24.2 Å². The second kappa shape index (κ2) is 41.8. The van der Waals surface area contributed by atoms with Gasteiger partial charge in [0.1, 0.15) is 6.61 Å². The van der Waals surface area contributed by atoms with E-state index in [4.69, 9.17) is 24.3 Å². The van der Waals surface area contributed by atoms with Crippen LogP contribution in [-0.4, -0.2) is 60.5 Å². The van der Waals surface area contributed by atoms with Crippen LogP contribution in [0.5, 0.6) is 0 Å². The predicted octanol–water partition coefficient (Wildman–Crippen LogP) is 11.4. The fraction of sp³-hybridized carbons (Fsp3) is 0.574. The second-order valence-corrected chi connectivity index (χ2v) is 15.1. The number of nitrogens with two attached hydrogens (primary N) is 1. The molecule has 2 unspecified atom stereocenters. The van der Waals surface area contributed by atoms with Gasteiger partial charge in [-0.05, 0) is 77.0 Å². The van der Waals surface area contributed by atoms with Crippen molar-refractivity contribution in [2.24, 2.45) is 5.73 Å². The lowest BCUT2D eigenvalue weighted by Crippen LogP contribution is -2.29. The molecule has 0 spiro atoms. The summed E-state index contributed by atoms with van der Waals surface area (Å²) in [4.78, 5) is 34.8. The van der Waals surface area contributed by atoms with Crippen LogP contribution in [0.15, 0.2) is 109 Å². The van der Waals surface area contributed by atoms with Crippen molar-refractivity contribution in [1.29, 1.82) is 0 Å². The van der Waals surface area contributed by atoms with Crippen molar-refractivity contribution in [3.05, 3.63) is 109 Å². The Labute approximate surface area is 351 Å². The third kappa shape index (κ3) is 40.8. The van der Waals surface area contributed by atoms with Crippen LogP contribution in [0, 0.1) is 0 Å². The normalized spacial score (nSPS) is 14.9. The fourth-order valence-electron chi connectivity index (χ4n) is 5.05. The van der Waals surface area contributed by atoms with Gasteiger partial charge in [0.05, 0.1) is 19.3 Å². The lowest BCUT2D eigenvalue weighted by atomic mass is 10.1. The van der Waals surface area contributed by atoms with E-state index in [0.717, 1.165) is 44.9 Å². The number of hydrogen-bond acceptors (Lipinski definition) is 9. The third-order valence-corrected chi connectivity index (χ3v) is 9.22. The van der Waals surface area contributed by atoms with E-state index in [-0.39, 0.29) is 32.6 Å². The first-order valence-corrected chi connectivity index (χ1v) is 23.0. The third-order valence-electron chi connectivity index (χ3n) is 8.24. The molecular formula is C47H76NO9P. The van der Waals surface area contributed by atoms with Crippen LogP contribution in [0.25, 0.3) is 0 Å². The number of carbonyl (C=O) groups is 2. The summed E-state index contributed by atoms with van der Waals surface area (Å²) in [7, 11) is -4.42. The Bertz CT molecular complexity index is 1330. The smallest absolute Gasteiger partial charge is 0.462 e. The molecule has 0 aliphatic carbocycles. The Morgan fingerprint density at radius 2 is 1.19 bits per heavy atom. The summed E-state index contributed by atoms with van der Waals surface area (Å²) >= 11 is 0. The highest BCUT2D eigenvalue weighted by Gasteiger charge is 2.25. The molecule has 0 radical (unpaired) electrons. The van der Waals surface area contributed by atoms with E-state index < -0.39 is 38.6 Å². The first kappa shape index (κ1) is 54.6. The van der Waals surface area contributed by atoms with Crippen molar-refractivity contribution in [3.8, 4) is 0 Å². The van der Waals surface area contributed by atoms with Crippen LogP contribution in [0.2, 0.25) is 0 Å². The molecule has 10 nitrogen and oxygen atoms in total. The molecule has 0 aliphatic rings. The number of phosphoric ester groups is 1. The fourth-order valence-corrected chi connectivity index (χ4v) is 5.82. The maximum atomic E-state index is 12.6. The SMILES string of the molecule is CC/C=C\CC(O)/C=C/C=C/C/C=C\C/C=C\C/C=C\CCC(=O)OC[C@H](COP(=O)(O)OCCN)OC(=O)CCC/C=C\C/C=C\C/C=C\CCCCCCCC. The number of unbranched alkanes of at least 4 members (excludes halogenated alkanes) is 7. The second-order valence-electron chi connectivity index (χ2n) is 13.7. The minimum atomic E-state index is -4.42. The van der Waals surface area contributed by atoms with E-state index in [2.05, 4.69) is 62.5 Å². The van der Waals surface area contributed by atoms with E-state index >= 15 is 0 Å². The van der Waals surface area contributed by atoms with Gasteiger partial charge in [-0.1, -0.05) is 155 Å². The van der Waals surface area contributed by atoms with Crippen molar-refractivity contribution in [3.63, 3.8) is 0 Å². The highest BCUT2D eigenvalue weighted by molar-refractivity contribution is 7.47. The number of carbonyl (C=O) groups excluding carboxylic acids is 2. The molecule has 0 bridgehead atoms. The molecule has 4 N–H and O–H groups in total. The van der Waals surface area contributed by atoms with Crippen molar-refractivity contribution >= 4 is 19.8 Å². The van der Waals surface area contributed by atoms with Crippen molar-refractivity contribution in [1.82, 2.24) is 0 Å². The largest absolute Gasteiger partial charge is 0.472 e. The Kier molecular flexibility index (Phi) is 39.4. The van der Waals surface area contributed by atoms with E-state index in [0.29, 0.717) is 25.7 Å². The molecule has 0 saturated carbocycles. The summed E-state index contributed by atoms with van der Waals surface area (Å²) in [5.74, 6) is -1.02. The van der Waals surface area contributed by atoms with Crippen LogP contribution in [0.4, 0.5) is 0 Å². The average molecular weight is 830 g/mol. The van der Waals surface area contributed by atoms with Gasteiger partial charge in [-0.3, -0.25) is 18.6 Å². The van der Waals surface area contributed by atoms with Crippen LogP contribution >= 0.6 is 7.82 Å². The maximum absolute atomic E-state index is 12.6. The van der Waals surface area contributed by atoms with Gasteiger partial charge in [0, 0.05) is 19.4 Å². The number of hydrogen-bond donors (Lipinski definition) is 3. The summed E-state index contributed by atoms with van der Waals surface area (Å²) in [5, 5.41) is 9.83. The summed E-state index contributed by atoms with van der Waals surface area (Å²) in [6.45, 7) is 3.33. The Morgan fingerprint density at radius 3 is 1.81 bits per heavy atom. The van der Waals surface area contributed by atoms with E-state index in [1.165, 1.54) is 38.5 Å². The maximum Gasteiger partial charge on any atom is 0.472 e. The minimum absolute atomic E-state index is 0.0238. The molecule has 0 fully saturated rings. The first-order chi connectivity index (χ1) is 28.2. The quantitative estimate of drug-likeness (QED) is 0.0180. The van der Waals surface area contributed by atoms with Gasteiger partial charge in [0.25, 0.3) is 0 Å². The average Bonchev–Trinajstić information content (AvgIpc) is 3.20. The van der Waals surface area contributed by atoms with Crippen molar-refractivity contribution in [2.75, 3.05) is 26.4 Å². The van der Waals surface area contributed by atoms with E-state index in [1.54, 1.807) is 6.08 Å². The Balaban J connectivity index is 4.43.